The molecule has 1 aliphatic rings. The number of carbonyl (C=O) groups is 2. The zero-order valence-corrected chi connectivity index (χ0v) is 14.4. The number of amides is 1. The van der Waals surface area contributed by atoms with Crippen molar-refractivity contribution in [2.24, 2.45) is 5.92 Å². The first kappa shape index (κ1) is 17.8. The number of carbonyl (C=O) groups excluding carboxylic acids is 1. The third-order valence-electron chi connectivity index (χ3n) is 4.64. The molecule has 0 bridgehead atoms. The Kier molecular flexibility index (Phi) is 5.11. The number of aromatic nitrogens is 3. The highest BCUT2D eigenvalue weighted by atomic mass is 16.4. The van der Waals surface area contributed by atoms with Crippen molar-refractivity contribution in [3.05, 3.63) is 46.1 Å². The molecule has 3 rings (SSSR count). The zero-order valence-electron chi connectivity index (χ0n) is 14.4. The van der Waals surface area contributed by atoms with Crippen LogP contribution in [0.4, 0.5) is 0 Å². The highest BCUT2D eigenvalue weighted by Gasteiger charge is 2.30. The summed E-state index contributed by atoms with van der Waals surface area (Å²) in [4.78, 5) is 46.7. The summed E-state index contributed by atoms with van der Waals surface area (Å²) in [6, 6.07) is 3.37. The fourth-order valence-electron chi connectivity index (χ4n) is 3.23. The predicted octanol–water partition coefficient (Wildman–Crippen LogP) is 1.05. The number of aromatic amines is 1. The van der Waals surface area contributed by atoms with Crippen molar-refractivity contribution in [3.63, 3.8) is 0 Å². The van der Waals surface area contributed by atoms with Crippen molar-refractivity contribution in [1.82, 2.24) is 20.3 Å². The first-order valence-electron chi connectivity index (χ1n) is 8.46. The van der Waals surface area contributed by atoms with E-state index in [4.69, 9.17) is 5.11 Å². The van der Waals surface area contributed by atoms with Gasteiger partial charge in [0.15, 0.2) is 0 Å². The summed E-state index contributed by atoms with van der Waals surface area (Å²) in [5.41, 5.74) is 1.12. The van der Waals surface area contributed by atoms with E-state index in [-0.39, 0.29) is 23.9 Å². The van der Waals surface area contributed by atoms with Gasteiger partial charge in [0.1, 0.15) is 5.82 Å². The van der Waals surface area contributed by atoms with Gasteiger partial charge in [0.2, 0.25) is 5.91 Å². The minimum atomic E-state index is -0.829. The lowest BCUT2D eigenvalue weighted by Crippen LogP contribution is -2.36. The first-order valence-corrected chi connectivity index (χ1v) is 8.46. The van der Waals surface area contributed by atoms with E-state index in [1.807, 2.05) is 0 Å². The van der Waals surface area contributed by atoms with E-state index >= 15 is 0 Å². The van der Waals surface area contributed by atoms with Crippen LogP contribution in [-0.4, -0.2) is 38.0 Å². The van der Waals surface area contributed by atoms with Crippen molar-refractivity contribution in [2.75, 3.05) is 0 Å². The average Bonchev–Trinajstić information content (AvgIpc) is 3.07. The third kappa shape index (κ3) is 3.96. The van der Waals surface area contributed by atoms with Gasteiger partial charge >= 0.3 is 5.97 Å². The molecule has 8 nitrogen and oxygen atoms in total. The number of carboxylic acid groups (broad SMARTS) is 1. The molecule has 2 aromatic heterocycles. The molecule has 136 valence electrons. The molecule has 2 aromatic rings. The Balaban J connectivity index is 1.69. The summed E-state index contributed by atoms with van der Waals surface area (Å²) in [6.07, 6.45) is 4.76. The van der Waals surface area contributed by atoms with Gasteiger partial charge in [0.25, 0.3) is 5.56 Å². The van der Waals surface area contributed by atoms with Crippen molar-refractivity contribution in [2.45, 2.75) is 38.6 Å². The number of aliphatic carboxylic acids is 1. The van der Waals surface area contributed by atoms with Crippen molar-refractivity contribution >= 4 is 11.9 Å². The second kappa shape index (κ2) is 7.47. The highest BCUT2D eigenvalue weighted by Crippen LogP contribution is 2.25. The Bertz CT molecular complexity index is 879. The molecule has 1 saturated carbocycles. The number of rotatable bonds is 5. The van der Waals surface area contributed by atoms with Crippen LogP contribution >= 0.6 is 0 Å². The van der Waals surface area contributed by atoms with Gasteiger partial charge in [-0.2, -0.15) is 0 Å². The number of H-pyrrole nitrogens is 1. The molecular formula is C18H20N4O4. The van der Waals surface area contributed by atoms with E-state index in [2.05, 4.69) is 20.3 Å². The Morgan fingerprint density at radius 1 is 1.38 bits per heavy atom. The molecule has 26 heavy (non-hydrogen) atoms. The molecular weight excluding hydrogens is 336 g/mol. The quantitative estimate of drug-likeness (QED) is 0.735. The minimum absolute atomic E-state index is 0.0876. The van der Waals surface area contributed by atoms with Gasteiger partial charge in [-0.05, 0) is 38.3 Å². The molecule has 3 N–H and O–H groups in total. The Morgan fingerprint density at radius 3 is 2.81 bits per heavy atom. The summed E-state index contributed by atoms with van der Waals surface area (Å²) >= 11 is 0. The molecule has 8 heteroatoms. The van der Waals surface area contributed by atoms with Crippen LogP contribution in [0.25, 0.3) is 11.4 Å². The topological polar surface area (TPSA) is 125 Å². The molecule has 0 aromatic carbocycles. The third-order valence-corrected chi connectivity index (χ3v) is 4.64. The normalized spacial score (nSPS) is 19.3. The fraction of sp³-hybridized carbons (Fsp3) is 0.389. The summed E-state index contributed by atoms with van der Waals surface area (Å²) in [7, 11) is 0. The van der Waals surface area contributed by atoms with Gasteiger partial charge in [0, 0.05) is 35.3 Å². The van der Waals surface area contributed by atoms with E-state index in [9.17, 15) is 14.4 Å². The summed E-state index contributed by atoms with van der Waals surface area (Å²) in [5.74, 6) is -1.13. The monoisotopic (exact) mass is 356 g/mol. The summed E-state index contributed by atoms with van der Waals surface area (Å²) in [5, 5.41) is 11.8. The van der Waals surface area contributed by atoms with Crippen molar-refractivity contribution in [1.29, 1.82) is 0 Å². The van der Waals surface area contributed by atoms with Crippen molar-refractivity contribution < 1.29 is 14.7 Å². The molecule has 2 atom stereocenters. The molecule has 0 spiro atoms. The molecule has 1 aliphatic carbocycles. The van der Waals surface area contributed by atoms with Gasteiger partial charge < -0.3 is 15.4 Å². The second-order valence-corrected chi connectivity index (χ2v) is 6.51. The van der Waals surface area contributed by atoms with Crippen LogP contribution < -0.4 is 10.9 Å². The van der Waals surface area contributed by atoms with E-state index in [0.29, 0.717) is 41.9 Å². The molecule has 2 heterocycles. The fourth-order valence-corrected chi connectivity index (χ4v) is 3.23. The van der Waals surface area contributed by atoms with E-state index in [0.717, 1.165) is 0 Å². The van der Waals surface area contributed by atoms with Gasteiger partial charge in [-0.3, -0.25) is 19.4 Å². The van der Waals surface area contributed by atoms with Crippen LogP contribution in [0.1, 0.15) is 30.5 Å². The maximum absolute atomic E-state index is 12.4. The lowest BCUT2D eigenvalue weighted by Gasteiger charge is -2.13. The molecule has 1 amide bonds. The molecule has 0 unspecified atom stereocenters. The van der Waals surface area contributed by atoms with Gasteiger partial charge in [0.05, 0.1) is 12.3 Å². The largest absolute Gasteiger partial charge is 0.481 e. The number of nitrogens with one attached hydrogen (secondary N) is 2. The standard InChI is InChI=1S/C18H20N4O4/c1-10-14(8-15(23)21-13-5-4-11(7-13)18(25)26)17(24)22-16(20-10)12-3-2-6-19-9-12/h2-3,6,9,11,13H,4-5,7-8H2,1H3,(H,21,23)(H,25,26)(H,20,22,24)/t11-,13+/m0/s1. The number of aryl methyl sites for hydroxylation is 1. The highest BCUT2D eigenvalue weighted by molar-refractivity contribution is 5.79. The second-order valence-electron chi connectivity index (χ2n) is 6.51. The molecule has 1 fully saturated rings. The van der Waals surface area contributed by atoms with Crippen molar-refractivity contribution in [3.8, 4) is 11.4 Å². The van der Waals surface area contributed by atoms with Crippen LogP contribution in [0.15, 0.2) is 29.3 Å². The Hall–Kier alpha value is -3.03. The SMILES string of the molecule is Cc1nc(-c2cccnc2)[nH]c(=O)c1CC(=O)N[C@@H]1CC[C@H](C(=O)O)C1. The molecule has 0 saturated heterocycles. The van der Waals surface area contributed by atoms with Gasteiger partial charge in [-0.1, -0.05) is 0 Å². The smallest absolute Gasteiger partial charge is 0.306 e. The number of hydrogen-bond donors (Lipinski definition) is 3. The van der Waals surface area contributed by atoms with Crippen LogP contribution in [0.2, 0.25) is 0 Å². The number of nitrogens with zero attached hydrogens (tertiary/aromatic N) is 2. The summed E-state index contributed by atoms with van der Waals surface area (Å²) in [6.45, 7) is 1.69. The number of pyridine rings is 1. The van der Waals surface area contributed by atoms with Gasteiger partial charge in [-0.15, -0.1) is 0 Å². The lowest BCUT2D eigenvalue weighted by atomic mass is 10.1. The predicted molar refractivity (Wildman–Crippen MR) is 93.4 cm³/mol. The van der Waals surface area contributed by atoms with Gasteiger partial charge in [-0.25, -0.2) is 4.98 Å². The van der Waals surface area contributed by atoms with E-state index in [1.54, 1.807) is 31.5 Å². The van der Waals surface area contributed by atoms with E-state index < -0.39 is 11.9 Å². The molecule has 0 aliphatic heterocycles. The minimum Gasteiger partial charge on any atom is -0.481 e. The lowest BCUT2D eigenvalue weighted by molar-refractivity contribution is -0.141. The zero-order chi connectivity index (χ0) is 18.7. The molecule has 0 radical (unpaired) electrons. The Labute approximate surface area is 149 Å². The first-order chi connectivity index (χ1) is 12.4. The van der Waals surface area contributed by atoms with Crippen LogP contribution in [0, 0.1) is 12.8 Å². The maximum Gasteiger partial charge on any atom is 0.306 e. The average molecular weight is 356 g/mol. The maximum atomic E-state index is 12.4. The van der Waals surface area contributed by atoms with Crippen LogP contribution in [-0.2, 0) is 16.0 Å². The Morgan fingerprint density at radius 2 is 2.19 bits per heavy atom. The summed E-state index contributed by atoms with van der Waals surface area (Å²) < 4.78 is 0. The number of carboxylic acids is 1. The van der Waals surface area contributed by atoms with E-state index in [1.165, 1.54) is 0 Å². The van der Waals surface area contributed by atoms with Crippen LogP contribution in [0.5, 0.6) is 0 Å². The van der Waals surface area contributed by atoms with Crippen LogP contribution in [0.3, 0.4) is 0 Å². The number of hydrogen-bond acceptors (Lipinski definition) is 5.